The number of fused-ring (bicyclic) bond motifs is 1. The molecule has 2 aliphatic heterocycles. The molecule has 118 valence electrons. The summed E-state index contributed by atoms with van der Waals surface area (Å²) in [5.74, 6) is 1.39. The van der Waals surface area contributed by atoms with Crippen LogP contribution in [0.3, 0.4) is 0 Å². The first-order valence-electron chi connectivity index (χ1n) is 7.56. The molecule has 1 aromatic heterocycles. The summed E-state index contributed by atoms with van der Waals surface area (Å²) in [6, 6.07) is 3.58. The number of hydrogen-bond donors (Lipinski definition) is 0. The van der Waals surface area contributed by atoms with Crippen molar-refractivity contribution < 1.29 is 9.59 Å². The van der Waals surface area contributed by atoms with Gasteiger partial charge < -0.3 is 9.80 Å². The van der Waals surface area contributed by atoms with Crippen LogP contribution in [0, 0.1) is 5.92 Å². The van der Waals surface area contributed by atoms with Crippen LogP contribution in [0.1, 0.15) is 23.3 Å². The lowest BCUT2D eigenvalue weighted by atomic mass is 10.1. The van der Waals surface area contributed by atoms with E-state index in [1.54, 1.807) is 30.1 Å². The van der Waals surface area contributed by atoms with Gasteiger partial charge in [-0.1, -0.05) is 0 Å². The average molecular weight is 320 g/mol. The van der Waals surface area contributed by atoms with Crippen LogP contribution in [0.5, 0.6) is 0 Å². The zero-order valence-electron chi connectivity index (χ0n) is 12.6. The summed E-state index contributed by atoms with van der Waals surface area (Å²) >= 11 is 1.69. The molecule has 0 saturated carbocycles. The van der Waals surface area contributed by atoms with Gasteiger partial charge >= 0.3 is 0 Å². The summed E-state index contributed by atoms with van der Waals surface area (Å²) in [5, 5.41) is 7.65. The molecule has 1 aromatic rings. The Morgan fingerprint density at radius 1 is 1.41 bits per heavy atom. The van der Waals surface area contributed by atoms with Gasteiger partial charge in [0.15, 0.2) is 5.69 Å². The Balaban J connectivity index is 1.64. The molecule has 2 amide bonds. The molecule has 0 aromatic carbocycles. The molecule has 3 heterocycles. The monoisotopic (exact) mass is 320 g/mol. The lowest BCUT2D eigenvalue weighted by Crippen LogP contribution is -2.41. The van der Waals surface area contributed by atoms with Crippen molar-refractivity contribution in [3.8, 4) is 0 Å². The van der Waals surface area contributed by atoms with Crippen LogP contribution in [0.4, 0.5) is 0 Å². The van der Waals surface area contributed by atoms with Crippen molar-refractivity contribution in [2.75, 3.05) is 31.6 Å². The van der Waals surface area contributed by atoms with Crippen LogP contribution in [0.25, 0.3) is 0 Å². The molecular weight excluding hydrogens is 300 g/mol. The Kier molecular flexibility index (Phi) is 4.61. The van der Waals surface area contributed by atoms with Gasteiger partial charge in [-0.3, -0.25) is 9.59 Å². The number of rotatable bonds is 4. The quantitative estimate of drug-likeness (QED) is 0.825. The minimum absolute atomic E-state index is 0.0842. The van der Waals surface area contributed by atoms with Crippen LogP contribution < -0.4 is 0 Å². The first kappa shape index (κ1) is 15.3. The Morgan fingerprint density at radius 3 is 3.00 bits per heavy atom. The fourth-order valence-corrected chi connectivity index (χ4v) is 3.73. The van der Waals surface area contributed by atoms with Gasteiger partial charge in [0.05, 0.1) is 6.04 Å². The average Bonchev–Trinajstić information content (AvgIpc) is 3.13. The molecule has 0 spiro atoms. The fourth-order valence-electron chi connectivity index (χ4n) is 3.35. The maximum atomic E-state index is 12.4. The Morgan fingerprint density at radius 2 is 2.27 bits per heavy atom. The number of carbonyl (C=O) groups excluding carboxylic acids is 2. The molecule has 22 heavy (non-hydrogen) atoms. The summed E-state index contributed by atoms with van der Waals surface area (Å²) in [4.78, 5) is 28.5. The number of thioether (sulfide) groups is 1. The second kappa shape index (κ2) is 6.64. The van der Waals surface area contributed by atoms with Crippen LogP contribution in [0.15, 0.2) is 18.3 Å². The fraction of sp³-hybridized carbons (Fsp3) is 0.600. The van der Waals surface area contributed by atoms with Crippen LogP contribution in [-0.2, 0) is 4.79 Å². The highest BCUT2D eigenvalue weighted by atomic mass is 32.2. The number of carbonyl (C=O) groups is 2. The normalized spacial score (nSPS) is 23.7. The van der Waals surface area contributed by atoms with Gasteiger partial charge in [-0.25, -0.2) is 0 Å². The summed E-state index contributed by atoms with van der Waals surface area (Å²) < 4.78 is 0. The molecule has 0 aliphatic carbocycles. The summed E-state index contributed by atoms with van der Waals surface area (Å²) in [7, 11) is 0. The van der Waals surface area contributed by atoms with Gasteiger partial charge in [0.25, 0.3) is 5.91 Å². The molecule has 0 radical (unpaired) electrons. The van der Waals surface area contributed by atoms with Crippen molar-refractivity contribution >= 4 is 23.6 Å². The minimum atomic E-state index is -0.0842. The van der Waals surface area contributed by atoms with Crippen molar-refractivity contribution in [3.05, 3.63) is 24.0 Å². The smallest absolute Gasteiger partial charge is 0.274 e. The first-order valence-corrected chi connectivity index (χ1v) is 8.95. The molecule has 0 N–H and O–H groups in total. The van der Waals surface area contributed by atoms with E-state index in [9.17, 15) is 9.59 Å². The molecule has 0 unspecified atom stereocenters. The Hall–Kier alpha value is -1.63. The van der Waals surface area contributed by atoms with Crippen molar-refractivity contribution in [1.82, 2.24) is 20.0 Å². The Bertz CT molecular complexity index is 554. The maximum Gasteiger partial charge on any atom is 0.274 e. The predicted molar refractivity (Wildman–Crippen MR) is 84.5 cm³/mol. The molecular formula is C15H20N4O2S. The van der Waals surface area contributed by atoms with E-state index < -0.39 is 0 Å². The second-order valence-corrected chi connectivity index (χ2v) is 6.75. The zero-order valence-corrected chi connectivity index (χ0v) is 13.5. The molecule has 2 aliphatic rings. The highest BCUT2D eigenvalue weighted by Gasteiger charge is 2.44. The van der Waals surface area contributed by atoms with Gasteiger partial charge in [0, 0.05) is 43.9 Å². The van der Waals surface area contributed by atoms with E-state index >= 15 is 0 Å². The van der Waals surface area contributed by atoms with Gasteiger partial charge in [0.1, 0.15) is 0 Å². The van der Waals surface area contributed by atoms with Crippen molar-refractivity contribution in [2.24, 2.45) is 5.92 Å². The highest BCUT2D eigenvalue weighted by molar-refractivity contribution is 7.98. The van der Waals surface area contributed by atoms with E-state index in [-0.39, 0.29) is 17.9 Å². The number of nitrogens with zero attached hydrogens (tertiary/aromatic N) is 4. The van der Waals surface area contributed by atoms with E-state index in [1.807, 2.05) is 16.1 Å². The summed E-state index contributed by atoms with van der Waals surface area (Å²) in [6.45, 7) is 2.16. The van der Waals surface area contributed by atoms with Crippen molar-refractivity contribution in [3.63, 3.8) is 0 Å². The number of likely N-dealkylation sites (tertiary alicyclic amines) is 2. The molecule has 2 fully saturated rings. The molecule has 6 nitrogen and oxygen atoms in total. The molecule has 2 atom stereocenters. The van der Waals surface area contributed by atoms with Gasteiger partial charge in [0.2, 0.25) is 5.91 Å². The zero-order chi connectivity index (χ0) is 15.5. The number of amides is 2. The van der Waals surface area contributed by atoms with Crippen LogP contribution in [0.2, 0.25) is 0 Å². The molecule has 7 heteroatoms. The molecule has 0 bridgehead atoms. The van der Waals surface area contributed by atoms with Crippen molar-refractivity contribution in [1.29, 1.82) is 0 Å². The van der Waals surface area contributed by atoms with E-state index in [0.717, 1.165) is 18.7 Å². The summed E-state index contributed by atoms with van der Waals surface area (Å²) in [6.07, 6.45) is 5.14. The third-order valence-electron chi connectivity index (χ3n) is 4.47. The van der Waals surface area contributed by atoms with E-state index in [1.165, 1.54) is 0 Å². The minimum Gasteiger partial charge on any atom is -0.338 e. The Labute approximate surface area is 134 Å². The summed E-state index contributed by atoms with van der Waals surface area (Å²) in [5.41, 5.74) is 0.378. The molecule has 2 saturated heterocycles. The maximum absolute atomic E-state index is 12.4. The van der Waals surface area contributed by atoms with Gasteiger partial charge in [-0.05, 0) is 24.8 Å². The van der Waals surface area contributed by atoms with Crippen molar-refractivity contribution in [2.45, 2.75) is 18.9 Å². The van der Waals surface area contributed by atoms with Gasteiger partial charge in [-0.2, -0.15) is 16.9 Å². The third kappa shape index (κ3) is 2.95. The topological polar surface area (TPSA) is 66.4 Å². The first-order chi connectivity index (χ1) is 10.7. The second-order valence-electron chi connectivity index (χ2n) is 5.77. The van der Waals surface area contributed by atoms with E-state index in [4.69, 9.17) is 0 Å². The number of aromatic nitrogens is 2. The van der Waals surface area contributed by atoms with Crippen LogP contribution >= 0.6 is 11.8 Å². The van der Waals surface area contributed by atoms with Crippen LogP contribution in [-0.4, -0.2) is 69.5 Å². The lowest BCUT2D eigenvalue weighted by Gasteiger charge is -2.24. The lowest BCUT2D eigenvalue weighted by molar-refractivity contribution is -0.131. The largest absolute Gasteiger partial charge is 0.338 e. The predicted octanol–water partition coefficient (Wildman–Crippen LogP) is 0.903. The van der Waals surface area contributed by atoms with Gasteiger partial charge in [-0.15, -0.1) is 5.10 Å². The molecule has 3 rings (SSSR count). The highest BCUT2D eigenvalue weighted by Crippen LogP contribution is 2.32. The van der Waals surface area contributed by atoms with E-state index in [2.05, 4.69) is 10.2 Å². The third-order valence-corrected chi connectivity index (χ3v) is 5.08. The number of hydrogen-bond acceptors (Lipinski definition) is 5. The SMILES string of the molecule is CSCCC(=O)N1CC[C@@H]2CN(C(=O)c3cccnn3)C[C@@H]21. The standard InChI is InChI=1S/C15H20N4O2S/c1-22-8-5-14(20)19-7-4-11-9-18(10-13(11)19)15(21)12-3-2-6-16-17-12/h2-3,6,11,13H,4-5,7-10H2,1H3/t11-,13+/m1/s1. The van der Waals surface area contributed by atoms with E-state index in [0.29, 0.717) is 31.1 Å².